The van der Waals surface area contributed by atoms with Gasteiger partial charge in [-0.25, -0.2) is 4.79 Å². The zero-order chi connectivity index (χ0) is 15.0. The zero-order valence-electron chi connectivity index (χ0n) is 11.3. The molecule has 4 heteroatoms. The van der Waals surface area contributed by atoms with E-state index in [-0.39, 0.29) is 5.56 Å². The summed E-state index contributed by atoms with van der Waals surface area (Å²) in [7, 11) is 0. The molecule has 2 aromatic carbocycles. The average Bonchev–Trinajstić information content (AvgIpc) is 2.48. The lowest BCUT2D eigenvalue weighted by atomic mass is 9.99. The maximum atomic E-state index is 11.2. The SMILES string of the molecule is Cc1ccccc1-c1ncc(Cl)c2ccc(C(=O)O)cc12. The average molecular weight is 298 g/mol. The molecule has 1 heterocycles. The molecule has 0 spiro atoms. The normalized spacial score (nSPS) is 10.8. The standard InChI is InChI=1S/C17H12ClNO2/c1-10-4-2-3-5-12(10)16-14-8-11(17(20)21)6-7-13(14)15(18)9-19-16/h2-9H,1H3,(H,20,21). The minimum absolute atomic E-state index is 0.224. The van der Waals surface area contributed by atoms with Gasteiger partial charge in [-0.05, 0) is 24.6 Å². The number of nitrogens with zero attached hydrogens (tertiary/aromatic N) is 1. The van der Waals surface area contributed by atoms with E-state index in [1.807, 2.05) is 31.2 Å². The third-order valence-corrected chi connectivity index (χ3v) is 3.79. The highest BCUT2D eigenvalue weighted by Gasteiger charge is 2.12. The van der Waals surface area contributed by atoms with Crippen LogP contribution in [-0.4, -0.2) is 16.1 Å². The summed E-state index contributed by atoms with van der Waals surface area (Å²) in [6.45, 7) is 2.00. The van der Waals surface area contributed by atoms with Crippen LogP contribution in [0.3, 0.4) is 0 Å². The number of hydrogen-bond acceptors (Lipinski definition) is 2. The number of aromatic carboxylic acids is 1. The van der Waals surface area contributed by atoms with Crippen molar-refractivity contribution >= 4 is 28.3 Å². The van der Waals surface area contributed by atoms with Crippen molar-refractivity contribution in [2.24, 2.45) is 0 Å². The first kappa shape index (κ1) is 13.6. The second kappa shape index (κ2) is 5.19. The number of rotatable bonds is 2. The molecular formula is C17H12ClNO2. The number of benzene rings is 2. The number of pyridine rings is 1. The second-order valence-corrected chi connectivity index (χ2v) is 5.24. The Morgan fingerprint density at radius 2 is 1.90 bits per heavy atom. The molecule has 21 heavy (non-hydrogen) atoms. The fourth-order valence-electron chi connectivity index (χ4n) is 2.39. The predicted molar refractivity (Wildman–Crippen MR) is 83.9 cm³/mol. The highest BCUT2D eigenvalue weighted by molar-refractivity contribution is 6.35. The van der Waals surface area contributed by atoms with Crippen LogP contribution in [0.25, 0.3) is 22.0 Å². The Morgan fingerprint density at radius 3 is 2.62 bits per heavy atom. The van der Waals surface area contributed by atoms with Crippen molar-refractivity contribution in [3.05, 3.63) is 64.8 Å². The molecule has 0 bridgehead atoms. The van der Waals surface area contributed by atoms with Gasteiger partial charge >= 0.3 is 5.97 Å². The molecule has 0 aliphatic heterocycles. The van der Waals surface area contributed by atoms with Gasteiger partial charge in [-0.1, -0.05) is 41.9 Å². The molecule has 0 unspecified atom stereocenters. The van der Waals surface area contributed by atoms with E-state index in [0.717, 1.165) is 27.6 Å². The summed E-state index contributed by atoms with van der Waals surface area (Å²) in [5.41, 5.74) is 3.02. The lowest BCUT2D eigenvalue weighted by Gasteiger charge is -2.10. The smallest absolute Gasteiger partial charge is 0.335 e. The van der Waals surface area contributed by atoms with Crippen LogP contribution in [0.5, 0.6) is 0 Å². The quantitative estimate of drug-likeness (QED) is 0.754. The van der Waals surface area contributed by atoms with Gasteiger partial charge in [0, 0.05) is 22.5 Å². The first-order chi connectivity index (χ1) is 10.1. The molecule has 0 amide bonds. The van der Waals surface area contributed by atoms with Crippen molar-refractivity contribution in [2.45, 2.75) is 6.92 Å². The lowest BCUT2D eigenvalue weighted by molar-refractivity contribution is 0.0697. The first-order valence-corrected chi connectivity index (χ1v) is 6.83. The number of carboxylic acid groups (broad SMARTS) is 1. The van der Waals surface area contributed by atoms with Crippen LogP contribution in [0.15, 0.2) is 48.7 Å². The summed E-state index contributed by atoms with van der Waals surface area (Å²) in [4.78, 5) is 15.6. The highest BCUT2D eigenvalue weighted by atomic mass is 35.5. The van der Waals surface area contributed by atoms with Gasteiger partial charge in [0.1, 0.15) is 0 Å². The largest absolute Gasteiger partial charge is 0.478 e. The van der Waals surface area contributed by atoms with Crippen LogP contribution in [-0.2, 0) is 0 Å². The Balaban J connectivity index is 2.38. The first-order valence-electron chi connectivity index (χ1n) is 6.45. The lowest BCUT2D eigenvalue weighted by Crippen LogP contribution is -1.97. The van der Waals surface area contributed by atoms with Crippen LogP contribution in [0.2, 0.25) is 5.02 Å². The number of fused-ring (bicyclic) bond motifs is 1. The summed E-state index contributed by atoms with van der Waals surface area (Å²) in [5, 5.41) is 11.2. The van der Waals surface area contributed by atoms with E-state index in [1.165, 1.54) is 0 Å². The summed E-state index contributed by atoms with van der Waals surface area (Å²) in [5.74, 6) is -0.965. The number of hydrogen-bond donors (Lipinski definition) is 1. The monoisotopic (exact) mass is 297 g/mol. The van der Waals surface area contributed by atoms with Crippen LogP contribution in [0.4, 0.5) is 0 Å². The number of aromatic nitrogens is 1. The minimum Gasteiger partial charge on any atom is -0.478 e. The molecule has 3 rings (SSSR count). The van der Waals surface area contributed by atoms with E-state index in [4.69, 9.17) is 11.6 Å². The van der Waals surface area contributed by atoms with E-state index in [2.05, 4.69) is 4.98 Å². The second-order valence-electron chi connectivity index (χ2n) is 4.84. The van der Waals surface area contributed by atoms with Crippen molar-refractivity contribution in [1.29, 1.82) is 0 Å². The Hall–Kier alpha value is -2.39. The summed E-state index contributed by atoms with van der Waals surface area (Å²) in [6, 6.07) is 12.8. The van der Waals surface area contributed by atoms with E-state index in [9.17, 15) is 9.90 Å². The van der Waals surface area contributed by atoms with E-state index < -0.39 is 5.97 Å². The Morgan fingerprint density at radius 1 is 1.14 bits per heavy atom. The van der Waals surface area contributed by atoms with Gasteiger partial charge in [-0.15, -0.1) is 0 Å². The third kappa shape index (κ3) is 2.36. The molecular weight excluding hydrogens is 286 g/mol. The Bertz CT molecular complexity index is 859. The number of carbonyl (C=O) groups is 1. The molecule has 0 aliphatic rings. The van der Waals surface area contributed by atoms with E-state index in [1.54, 1.807) is 24.4 Å². The maximum absolute atomic E-state index is 11.2. The maximum Gasteiger partial charge on any atom is 0.335 e. The van der Waals surface area contributed by atoms with Crippen LogP contribution in [0, 0.1) is 6.92 Å². The van der Waals surface area contributed by atoms with Gasteiger partial charge in [0.05, 0.1) is 16.3 Å². The van der Waals surface area contributed by atoms with Crippen LogP contribution >= 0.6 is 11.6 Å². The minimum atomic E-state index is -0.965. The zero-order valence-corrected chi connectivity index (χ0v) is 12.1. The fraction of sp³-hybridized carbons (Fsp3) is 0.0588. The van der Waals surface area contributed by atoms with Crippen molar-refractivity contribution in [3.63, 3.8) is 0 Å². The Labute approximate surface area is 126 Å². The van der Waals surface area contributed by atoms with E-state index in [0.29, 0.717) is 5.02 Å². The molecule has 3 nitrogen and oxygen atoms in total. The summed E-state index contributed by atoms with van der Waals surface area (Å²) in [6.07, 6.45) is 1.60. The molecule has 0 radical (unpaired) electrons. The van der Waals surface area contributed by atoms with Crippen molar-refractivity contribution in [3.8, 4) is 11.3 Å². The third-order valence-electron chi connectivity index (χ3n) is 3.49. The predicted octanol–water partition coefficient (Wildman–Crippen LogP) is 4.56. The summed E-state index contributed by atoms with van der Waals surface area (Å²) < 4.78 is 0. The van der Waals surface area contributed by atoms with Gasteiger partial charge in [0.25, 0.3) is 0 Å². The van der Waals surface area contributed by atoms with Gasteiger partial charge < -0.3 is 5.11 Å². The molecule has 0 saturated heterocycles. The van der Waals surface area contributed by atoms with Crippen molar-refractivity contribution in [2.75, 3.05) is 0 Å². The van der Waals surface area contributed by atoms with Crippen molar-refractivity contribution < 1.29 is 9.90 Å². The molecule has 0 aliphatic carbocycles. The van der Waals surface area contributed by atoms with Crippen molar-refractivity contribution in [1.82, 2.24) is 4.98 Å². The summed E-state index contributed by atoms with van der Waals surface area (Å²) >= 11 is 6.18. The molecule has 3 aromatic rings. The number of aryl methyl sites for hydroxylation is 1. The number of halogens is 1. The van der Waals surface area contributed by atoms with Crippen LogP contribution in [0.1, 0.15) is 15.9 Å². The van der Waals surface area contributed by atoms with Crippen LogP contribution < -0.4 is 0 Å². The molecule has 1 aromatic heterocycles. The molecule has 0 atom stereocenters. The molecule has 104 valence electrons. The molecule has 0 fully saturated rings. The Kier molecular flexibility index (Phi) is 3.35. The molecule has 0 saturated carbocycles. The topological polar surface area (TPSA) is 50.2 Å². The highest BCUT2D eigenvalue weighted by Crippen LogP contribution is 2.33. The van der Waals surface area contributed by atoms with E-state index >= 15 is 0 Å². The van der Waals surface area contributed by atoms with Gasteiger partial charge in [-0.2, -0.15) is 0 Å². The van der Waals surface area contributed by atoms with Gasteiger partial charge in [0.15, 0.2) is 0 Å². The number of carboxylic acids is 1. The molecule has 1 N–H and O–H groups in total. The fourth-order valence-corrected chi connectivity index (χ4v) is 2.61. The van der Waals surface area contributed by atoms with Gasteiger partial charge in [-0.3, -0.25) is 4.98 Å². The van der Waals surface area contributed by atoms with Gasteiger partial charge in [0.2, 0.25) is 0 Å².